The molecule has 9 heteroatoms. The molecule has 122 valence electrons. The molecule has 0 aromatic carbocycles. The summed E-state index contributed by atoms with van der Waals surface area (Å²) >= 11 is 1.03. The molecule has 0 aliphatic carbocycles. The van der Waals surface area contributed by atoms with Crippen molar-refractivity contribution in [2.75, 3.05) is 51.6 Å². The van der Waals surface area contributed by atoms with Gasteiger partial charge in [0.25, 0.3) is 5.91 Å². The van der Waals surface area contributed by atoms with Gasteiger partial charge in [-0.05, 0) is 31.5 Å². The minimum atomic E-state index is -0.598. The van der Waals surface area contributed by atoms with Crippen molar-refractivity contribution in [2.24, 2.45) is 5.73 Å². The predicted octanol–water partition coefficient (Wildman–Crippen LogP) is 0.00100. The SMILES string of the molecule is CN1CCN(CCCNC(=O)Nc2sncc2C(N)=O)CC1. The van der Waals surface area contributed by atoms with Gasteiger partial charge in [0.1, 0.15) is 5.00 Å². The Balaban J connectivity index is 1.63. The minimum absolute atomic E-state index is 0.234. The van der Waals surface area contributed by atoms with Gasteiger partial charge in [-0.15, -0.1) is 0 Å². The molecule has 1 aromatic rings. The number of rotatable bonds is 6. The number of primary amides is 1. The molecule has 0 radical (unpaired) electrons. The summed E-state index contributed by atoms with van der Waals surface area (Å²) in [7, 11) is 2.13. The van der Waals surface area contributed by atoms with Crippen LogP contribution in [0.25, 0.3) is 0 Å². The van der Waals surface area contributed by atoms with Gasteiger partial charge >= 0.3 is 6.03 Å². The predicted molar refractivity (Wildman–Crippen MR) is 86.2 cm³/mol. The average molecular weight is 326 g/mol. The van der Waals surface area contributed by atoms with Crippen LogP contribution in [-0.2, 0) is 0 Å². The van der Waals surface area contributed by atoms with Crippen LogP contribution in [0.1, 0.15) is 16.8 Å². The molecular formula is C13H22N6O2S. The number of carbonyl (C=O) groups excluding carboxylic acids is 2. The first-order valence-corrected chi connectivity index (χ1v) is 8.04. The number of carbonyl (C=O) groups is 2. The molecule has 1 fully saturated rings. The molecule has 8 nitrogen and oxygen atoms in total. The second kappa shape index (κ2) is 8.06. The maximum absolute atomic E-state index is 11.8. The summed E-state index contributed by atoms with van der Waals surface area (Å²) in [5.41, 5.74) is 5.43. The fourth-order valence-electron chi connectivity index (χ4n) is 2.23. The van der Waals surface area contributed by atoms with Crippen molar-refractivity contribution in [2.45, 2.75) is 6.42 Å². The van der Waals surface area contributed by atoms with Crippen LogP contribution in [0.5, 0.6) is 0 Å². The Bertz CT molecular complexity index is 512. The normalized spacial score (nSPS) is 16.4. The molecule has 0 unspecified atom stereocenters. The number of nitrogens with two attached hydrogens (primary N) is 1. The van der Waals surface area contributed by atoms with Crippen molar-refractivity contribution < 1.29 is 9.59 Å². The van der Waals surface area contributed by atoms with E-state index in [1.165, 1.54) is 6.20 Å². The Morgan fingerprint density at radius 3 is 2.77 bits per heavy atom. The Kier molecular flexibility index (Phi) is 6.10. The lowest BCUT2D eigenvalue weighted by Crippen LogP contribution is -2.45. The first-order valence-electron chi connectivity index (χ1n) is 7.26. The molecule has 3 amide bonds. The molecule has 1 aromatic heterocycles. The highest BCUT2D eigenvalue weighted by Gasteiger charge is 2.14. The van der Waals surface area contributed by atoms with Crippen LogP contribution in [0.2, 0.25) is 0 Å². The highest BCUT2D eigenvalue weighted by molar-refractivity contribution is 7.10. The van der Waals surface area contributed by atoms with Crippen LogP contribution in [0.15, 0.2) is 6.20 Å². The fraction of sp³-hybridized carbons (Fsp3) is 0.615. The number of hydrogen-bond acceptors (Lipinski definition) is 6. The Morgan fingerprint density at radius 1 is 1.36 bits per heavy atom. The highest BCUT2D eigenvalue weighted by Crippen LogP contribution is 2.19. The standard InChI is InChI=1S/C13H22N6O2S/c1-18-5-7-19(8-6-18)4-2-3-15-13(21)17-12-10(11(14)20)9-16-22-12/h9H,2-8H2,1H3,(H2,14,20)(H2,15,17,21). The number of anilines is 1. The van der Waals surface area contributed by atoms with Crippen molar-refractivity contribution in [1.82, 2.24) is 19.5 Å². The van der Waals surface area contributed by atoms with Gasteiger partial charge in [-0.3, -0.25) is 10.1 Å². The second-order valence-electron chi connectivity index (χ2n) is 5.31. The van der Waals surface area contributed by atoms with Crippen LogP contribution < -0.4 is 16.4 Å². The summed E-state index contributed by atoms with van der Waals surface area (Å²) in [5.74, 6) is -0.598. The van der Waals surface area contributed by atoms with Gasteiger partial charge in [0.15, 0.2) is 0 Å². The van der Waals surface area contributed by atoms with Crippen molar-refractivity contribution in [1.29, 1.82) is 0 Å². The number of hydrogen-bond donors (Lipinski definition) is 3. The number of piperazine rings is 1. The number of likely N-dealkylation sites (N-methyl/N-ethyl adjacent to an activating group) is 1. The summed E-state index contributed by atoms with van der Waals surface area (Å²) < 4.78 is 3.85. The van der Waals surface area contributed by atoms with Gasteiger partial charge in [0.05, 0.1) is 11.8 Å². The van der Waals surface area contributed by atoms with E-state index in [0.717, 1.165) is 50.7 Å². The van der Waals surface area contributed by atoms with Crippen LogP contribution in [-0.4, -0.2) is 72.4 Å². The largest absolute Gasteiger partial charge is 0.365 e. The Hall–Kier alpha value is -1.71. The third kappa shape index (κ3) is 4.93. The van der Waals surface area contributed by atoms with Crippen LogP contribution in [0.4, 0.5) is 9.80 Å². The molecule has 22 heavy (non-hydrogen) atoms. The number of nitrogens with zero attached hydrogens (tertiary/aromatic N) is 3. The summed E-state index contributed by atoms with van der Waals surface area (Å²) in [6, 6.07) is -0.342. The van der Waals surface area contributed by atoms with E-state index in [0.29, 0.717) is 11.5 Å². The Labute approximate surface area is 133 Å². The van der Waals surface area contributed by atoms with E-state index in [4.69, 9.17) is 5.73 Å². The molecule has 0 spiro atoms. The molecule has 1 aliphatic rings. The van der Waals surface area contributed by atoms with E-state index in [-0.39, 0.29) is 11.6 Å². The molecule has 2 heterocycles. The fourth-order valence-corrected chi connectivity index (χ4v) is 2.88. The smallest absolute Gasteiger partial charge is 0.319 e. The van der Waals surface area contributed by atoms with Crippen LogP contribution >= 0.6 is 11.5 Å². The van der Waals surface area contributed by atoms with E-state index < -0.39 is 5.91 Å². The maximum atomic E-state index is 11.8. The molecule has 0 bridgehead atoms. The minimum Gasteiger partial charge on any atom is -0.365 e. The molecule has 0 atom stereocenters. The van der Waals surface area contributed by atoms with Gasteiger partial charge in [0, 0.05) is 32.7 Å². The van der Waals surface area contributed by atoms with E-state index in [1.54, 1.807) is 0 Å². The van der Waals surface area contributed by atoms with E-state index >= 15 is 0 Å². The topological polar surface area (TPSA) is 104 Å². The summed E-state index contributed by atoms with van der Waals surface area (Å²) in [4.78, 5) is 27.6. The van der Waals surface area contributed by atoms with Crippen molar-refractivity contribution in [3.63, 3.8) is 0 Å². The van der Waals surface area contributed by atoms with Gasteiger partial charge in [-0.2, -0.15) is 4.37 Å². The number of nitrogens with one attached hydrogen (secondary N) is 2. The van der Waals surface area contributed by atoms with E-state index in [9.17, 15) is 9.59 Å². The summed E-state index contributed by atoms with van der Waals surface area (Å²) in [6.45, 7) is 5.89. The van der Waals surface area contributed by atoms with Crippen molar-refractivity contribution in [3.8, 4) is 0 Å². The summed E-state index contributed by atoms with van der Waals surface area (Å²) in [5, 5.41) is 5.75. The van der Waals surface area contributed by atoms with E-state index in [1.807, 2.05) is 0 Å². The third-order valence-electron chi connectivity index (χ3n) is 3.60. The number of urea groups is 1. The zero-order valence-corrected chi connectivity index (χ0v) is 13.5. The monoisotopic (exact) mass is 326 g/mol. The molecular weight excluding hydrogens is 304 g/mol. The van der Waals surface area contributed by atoms with Crippen molar-refractivity contribution in [3.05, 3.63) is 11.8 Å². The second-order valence-corrected chi connectivity index (χ2v) is 6.11. The molecule has 1 aliphatic heterocycles. The first kappa shape index (κ1) is 16.7. The lowest BCUT2D eigenvalue weighted by molar-refractivity contribution is 0.100. The molecule has 4 N–H and O–H groups in total. The zero-order chi connectivity index (χ0) is 15.9. The van der Waals surface area contributed by atoms with Gasteiger partial charge in [-0.1, -0.05) is 0 Å². The highest BCUT2D eigenvalue weighted by atomic mass is 32.1. The molecule has 2 rings (SSSR count). The quantitative estimate of drug-likeness (QED) is 0.639. The van der Waals surface area contributed by atoms with Gasteiger partial charge in [0.2, 0.25) is 0 Å². The number of aromatic nitrogens is 1. The van der Waals surface area contributed by atoms with Gasteiger partial charge < -0.3 is 20.9 Å². The van der Waals surface area contributed by atoms with Crippen molar-refractivity contribution >= 4 is 28.5 Å². The van der Waals surface area contributed by atoms with Crippen LogP contribution in [0, 0.1) is 0 Å². The lowest BCUT2D eigenvalue weighted by atomic mass is 10.3. The Morgan fingerprint density at radius 2 is 2.09 bits per heavy atom. The molecule has 0 saturated carbocycles. The summed E-state index contributed by atoms with van der Waals surface area (Å²) in [6.07, 6.45) is 2.25. The zero-order valence-electron chi connectivity index (χ0n) is 12.7. The van der Waals surface area contributed by atoms with Crippen LogP contribution in [0.3, 0.4) is 0 Å². The first-order chi connectivity index (χ1) is 10.6. The molecule has 1 saturated heterocycles. The third-order valence-corrected chi connectivity index (χ3v) is 4.31. The van der Waals surface area contributed by atoms with Gasteiger partial charge in [-0.25, -0.2) is 4.79 Å². The maximum Gasteiger partial charge on any atom is 0.319 e. The number of amides is 3. The van der Waals surface area contributed by atoms with E-state index in [2.05, 4.69) is 31.9 Å². The lowest BCUT2D eigenvalue weighted by Gasteiger charge is -2.32. The average Bonchev–Trinajstić information content (AvgIpc) is 2.94.